The molecule has 0 amide bonds. The molecule has 1 atom stereocenters. The van der Waals surface area contributed by atoms with E-state index in [0.717, 1.165) is 24.1 Å². The molecule has 0 saturated carbocycles. The van der Waals surface area contributed by atoms with Crippen LogP contribution in [-0.4, -0.2) is 4.98 Å². The van der Waals surface area contributed by atoms with Crippen LogP contribution in [0.25, 0.3) is 21.3 Å². The second-order valence-corrected chi connectivity index (χ2v) is 6.54. The summed E-state index contributed by atoms with van der Waals surface area (Å²) in [5.74, 6) is 0. The van der Waals surface area contributed by atoms with Crippen molar-refractivity contribution in [1.82, 2.24) is 4.98 Å². The Morgan fingerprint density at radius 1 is 1.14 bits per heavy atom. The number of nitrogens with zero attached hydrogens (tertiary/aromatic N) is 1. The summed E-state index contributed by atoms with van der Waals surface area (Å²) >= 11 is 1.79. The summed E-state index contributed by atoms with van der Waals surface area (Å²) in [4.78, 5) is 7.23. The number of aryl methyl sites for hydroxylation is 1. The lowest BCUT2D eigenvalue weighted by atomic mass is 10.1. The first-order chi connectivity index (χ1) is 10.2. The van der Waals surface area contributed by atoms with E-state index in [0.29, 0.717) is 0 Å². The van der Waals surface area contributed by atoms with Gasteiger partial charge in [0.25, 0.3) is 0 Å². The van der Waals surface area contributed by atoms with Gasteiger partial charge >= 0.3 is 0 Å². The minimum atomic E-state index is 0.151. The Morgan fingerprint density at radius 2 is 2.00 bits per heavy atom. The molecule has 1 aromatic carbocycles. The van der Waals surface area contributed by atoms with Crippen molar-refractivity contribution in [2.45, 2.75) is 32.7 Å². The van der Waals surface area contributed by atoms with Gasteiger partial charge in [-0.3, -0.25) is 4.98 Å². The maximum atomic E-state index is 6.23. The van der Waals surface area contributed by atoms with Crippen LogP contribution in [0.5, 0.6) is 0 Å². The molecule has 1 unspecified atom stereocenters. The highest BCUT2D eigenvalue weighted by atomic mass is 32.1. The van der Waals surface area contributed by atoms with Crippen molar-refractivity contribution in [1.29, 1.82) is 0 Å². The maximum absolute atomic E-state index is 6.23. The van der Waals surface area contributed by atoms with Crippen molar-refractivity contribution < 1.29 is 0 Å². The number of thiophene rings is 1. The van der Waals surface area contributed by atoms with Crippen LogP contribution in [0.2, 0.25) is 0 Å². The first-order valence-corrected chi connectivity index (χ1v) is 8.22. The lowest BCUT2D eigenvalue weighted by Gasteiger charge is -2.07. The third-order valence-electron chi connectivity index (χ3n) is 3.72. The van der Waals surface area contributed by atoms with Crippen LogP contribution >= 0.6 is 11.3 Å². The van der Waals surface area contributed by atoms with Gasteiger partial charge in [-0.15, -0.1) is 11.3 Å². The van der Waals surface area contributed by atoms with E-state index >= 15 is 0 Å². The van der Waals surface area contributed by atoms with E-state index < -0.39 is 0 Å². The van der Waals surface area contributed by atoms with Crippen molar-refractivity contribution in [3.63, 3.8) is 0 Å². The van der Waals surface area contributed by atoms with Crippen molar-refractivity contribution in [2.24, 2.45) is 5.73 Å². The van der Waals surface area contributed by atoms with Crippen molar-refractivity contribution >= 4 is 22.2 Å². The molecule has 0 bridgehead atoms. The number of hydrogen-bond donors (Lipinski definition) is 1. The van der Waals surface area contributed by atoms with Crippen LogP contribution in [0.4, 0.5) is 0 Å². The number of para-hydroxylation sites is 1. The third kappa shape index (κ3) is 2.85. The first kappa shape index (κ1) is 14.2. The van der Waals surface area contributed by atoms with E-state index in [9.17, 15) is 0 Å². The second kappa shape index (κ2) is 5.96. The summed E-state index contributed by atoms with van der Waals surface area (Å²) in [5.41, 5.74) is 9.56. The Bertz CT molecular complexity index is 761. The predicted octanol–water partition coefficient (Wildman–Crippen LogP) is 5.07. The Balaban J connectivity index is 2.06. The molecule has 3 heteroatoms. The average molecular weight is 296 g/mol. The van der Waals surface area contributed by atoms with Crippen LogP contribution in [0.3, 0.4) is 0 Å². The largest absolute Gasteiger partial charge is 0.323 e. The number of benzene rings is 1. The summed E-state index contributed by atoms with van der Waals surface area (Å²) in [6, 6.07) is 15.0. The Morgan fingerprint density at radius 3 is 2.81 bits per heavy atom. The molecule has 2 N–H and O–H groups in total. The van der Waals surface area contributed by atoms with Gasteiger partial charge in [-0.05, 0) is 31.5 Å². The van der Waals surface area contributed by atoms with Gasteiger partial charge in [0.05, 0.1) is 5.52 Å². The van der Waals surface area contributed by atoms with Gasteiger partial charge in [0.15, 0.2) is 0 Å². The number of rotatable bonds is 4. The number of hydrogen-bond acceptors (Lipinski definition) is 3. The van der Waals surface area contributed by atoms with Crippen LogP contribution in [-0.2, 0) is 0 Å². The van der Waals surface area contributed by atoms with Crippen LogP contribution in [0.1, 0.15) is 36.4 Å². The third-order valence-corrected chi connectivity index (χ3v) is 4.97. The molecule has 0 fully saturated rings. The van der Waals surface area contributed by atoms with Gasteiger partial charge in [-0.1, -0.05) is 37.6 Å². The molecule has 0 spiro atoms. The topological polar surface area (TPSA) is 38.9 Å². The Hall–Kier alpha value is -1.71. The molecule has 21 heavy (non-hydrogen) atoms. The van der Waals surface area contributed by atoms with Gasteiger partial charge in [-0.2, -0.15) is 0 Å². The van der Waals surface area contributed by atoms with Gasteiger partial charge in [-0.25, -0.2) is 0 Å². The van der Waals surface area contributed by atoms with Gasteiger partial charge in [0.1, 0.15) is 0 Å². The Kier molecular flexibility index (Phi) is 4.04. The molecule has 0 aliphatic rings. The van der Waals surface area contributed by atoms with Gasteiger partial charge < -0.3 is 5.73 Å². The van der Waals surface area contributed by atoms with Crippen molar-refractivity contribution in [3.05, 3.63) is 53.0 Å². The van der Waals surface area contributed by atoms with Crippen molar-refractivity contribution in [2.75, 3.05) is 0 Å². The highest BCUT2D eigenvalue weighted by Crippen LogP contribution is 2.35. The highest BCUT2D eigenvalue weighted by Gasteiger charge is 2.11. The predicted molar refractivity (Wildman–Crippen MR) is 91.6 cm³/mol. The molecule has 0 aliphatic heterocycles. The molecule has 0 radical (unpaired) electrons. The molecule has 0 aliphatic carbocycles. The molecule has 3 aromatic rings. The zero-order valence-electron chi connectivity index (χ0n) is 12.5. The smallest absolute Gasteiger partial charge is 0.0791 e. The quantitative estimate of drug-likeness (QED) is 0.730. The number of pyridine rings is 1. The van der Waals surface area contributed by atoms with E-state index in [1.54, 1.807) is 11.3 Å². The zero-order chi connectivity index (χ0) is 14.8. The maximum Gasteiger partial charge on any atom is 0.0791 e. The fourth-order valence-electron chi connectivity index (χ4n) is 2.59. The number of aromatic nitrogens is 1. The van der Waals surface area contributed by atoms with Gasteiger partial charge in [0, 0.05) is 32.4 Å². The molecular weight excluding hydrogens is 276 g/mol. The molecule has 2 nitrogen and oxygen atoms in total. The normalized spacial score (nSPS) is 12.7. The van der Waals surface area contributed by atoms with E-state index in [4.69, 9.17) is 10.7 Å². The van der Waals surface area contributed by atoms with Crippen LogP contribution < -0.4 is 5.73 Å². The lowest BCUT2D eigenvalue weighted by molar-refractivity contribution is 0.648. The number of nitrogens with two attached hydrogens (primary N) is 1. The lowest BCUT2D eigenvalue weighted by Crippen LogP contribution is -2.07. The summed E-state index contributed by atoms with van der Waals surface area (Å²) in [6.07, 6.45) is 2.15. The molecule has 0 saturated heterocycles. The second-order valence-electron chi connectivity index (χ2n) is 5.43. The van der Waals surface area contributed by atoms with Gasteiger partial charge in [0.2, 0.25) is 0 Å². The molecule has 2 heterocycles. The van der Waals surface area contributed by atoms with Crippen LogP contribution in [0.15, 0.2) is 42.5 Å². The molecule has 3 rings (SSSR count). The summed E-state index contributed by atoms with van der Waals surface area (Å²) in [7, 11) is 0. The standard InChI is InChI=1S/C18H20N2S/c1-3-5-15(19)17-11-10-16(21-17)14-7-4-6-13-9-8-12(2)20-18(13)14/h4,6-11,15H,3,5,19H2,1-2H3. The molecular formula is C18H20N2S. The van der Waals surface area contributed by atoms with E-state index in [1.807, 2.05) is 6.92 Å². The fourth-order valence-corrected chi connectivity index (χ4v) is 3.66. The van der Waals surface area contributed by atoms with E-state index in [2.05, 4.69) is 49.4 Å². The molecule has 108 valence electrons. The first-order valence-electron chi connectivity index (χ1n) is 7.41. The molecule has 2 aromatic heterocycles. The summed E-state index contributed by atoms with van der Waals surface area (Å²) < 4.78 is 0. The zero-order valence-corrected chi connectivity index (χ0v) is 13.3. The fraction of sp³-hybridized carbons (Fsp3) is 0.278. The Labute approximate surface area is 129 Å². The van der Waals surface area contributed by atoms with Crippen LogP contribution in [0, 0.1) is 6.92 Å². The average Bonchev–Trinajstić information content (AvgIpc) is 2.96. The number of fused-ring (bicyclic) bond motifs is 1. The SMILES string of the molecule is CCCC(N)c1ccc(-c2cccc3ccc(C)nc23)s1. The minimum Gasteiger partial charge on any atom is -0.323 e. The monoisotopic (exact) mass is 296 g/mol. The minimum absolute atomic E-state index is 0.151. The summed E-state index contributed by atoms with van der Waals surface area (Å²) in [6.45, 7) is 4.21. The van der Waals surface area contributed by atoms with E-state index in [-0.39, 0.29) is 6.04 Å². The van der Waals surface area contributed by atoms with E-state index in [1.165, 1.54) is 20.7 Å². The van der Waals surface area contributed by atoms with Crippen molar-refractivity contribution in [3.8, 4) is 10.4 Å². The summed E-state index contributed by atoms with van der Waals surface area (Å²) in [5, 5.41) is 1.19. The highest BCUT2D eigenvalue weighted by molar-refractivity contribution is 7.15.